The van der Waals surface area contributed by atoms with Crippen molar-refractivity contribution < 1.29 is 9.53 Å². The van der Waals surface area contributed by atoms with Crippen molar-refractivity contribution in [3.8, 4) is 0 Å². The van der Waals surface area contributed by atoms with E-state index in [1.165, 1.54) is 0 Å². The van der Waals surface area contributed by atoms with Crippen LogP contribution in [0.4, 0.5) is 0 Å². The van der Waals surface area contributed by atoms with Crippen LogP contribution in [0.5, 0.6) is 0 Å². The van der Waals surface area contributed by atoms with Gasteiger partial charge in [0.2, 0.25) is 5.91 Å². The van der Waals surface area contributed by atoms with Gasteiger partial charge in [-0.2, -0.15) is 0 Å². The fourth-order valence-electron chi connectivity index (χ4n) is 1.40. The van der Waals surface area contributed by atoms with Crippen molar-refractivity contribution in [2.75, 3.05) is 46.9 Å². The quantitative estimate of drug-likeness (QED) is 0.620. The minimum Gasteiger partial charge on any atom is -0.378 e. The molecule has 0 aromatic rings. The van der Waals surface area contributed by atoms with Crippen molar-refractivity contribution in [1.82, 2.24) is 15.5 Å². The Morgan fingerprint density at radius 3 is 3.00 bits per heavy atom. The summed E-state index contributed by atoms with van der Waals surface area (Å²) in [5.74, 6) is 0.107. The van der Waals surface area contributed by atoms with E-state index in [0.717, 1.165) is 19.7 Å². The zero-order valence-electron chi connectivity index (χ0n) is 9.58. The normalized spacial score (nSPS) is 21.7. The molecule has 88 valence electrons. The van der Waals surface area contributed by atoms with Gasteiger partial charge in [-0.1, -0.05) is 0 Å². The molecule has 1 rings (SSSR count). The van der Waals surface area contributed by atoms with Gasteiger partial charge in [-0.05, 0) is 14.1 Å². The fourth-order valence-corrected chi connectivity index (χ4v) is 1.40. The Balaban J connectivity index is 2.05. The maximum atomic E-state index is 11.4. The van der Waals surface area contributed by atoms with Gasteiger partial charge in [0, 0.05) is 32.1 Å². The van der Waals surface area contributed by atoms with Crippen LogP contribution in [0.25, 0.3) is 0 Å². The van der Waals surface area contributed by atoms with E-state index in [9.17, 15) is 4.79 Å². The summed E-state index contributed by atoms with van der Waals surface area (Å²) >= 11 is 0. The molecule has 1 fully saturated rings. The number of carbonyl (C=O) groups is 1. The van der Waals surface area contributed by atoms with Crippen LogP contribution in [-0.4, -0.2) is 63.8 Å². The summed E-state index contributed by atoms with van der Waals surface area (Å²) in [6.07, 6.45) is 0.556. The van der Waals surface area contributed by atoms with Crippen molar-refractivity contribution in [1.29, 1.82) is 0 Å². The maximum absolute atomic E-state index is 11.4. The summed E-state index contributed by atoms with van der Waals surface area (Å²) in [6.45, 7) is 3.78. The highest BCUT2D eigenvalue weighted by molar-refractivity contribution is 5.76. The smallest absolute Gasteiger partial charge is 0.221 e. The van der Waals surface area contributed by atoms with Gasteiger partial charge in [-0.3, -0.25) is 4.79 Å². The molecule has 5 nitrogen and oxygen atoms in total. The molecule has 0 radical (unpaired) electrons. The molecule has 1 heterocycles. The van der Waals surface area contributed by atoms with E-state index < -0.39 is 0 Å². The Labute approximate surface area is 91.2 Å². The molecule has 2 N–H and O–H groups in total. The molecule has 1 atom stereocenters. The molecule has 1 amide bonds. The Morgan fingerprint density at radius 2 is 2.40 bits per heavy atom. The number of rotatable bonds is 5. The van der Waals surface area contributed by atoms with Crippen LogP contribution in [0.1, 0.15) is 6.42 Å². The summed E-state index contributed by atoms with van der Waals surface area (Å²) in [6, 6.07) is 0.266. The number of hydrogen-bond donors (Lipinski definition) is 2. The molecule has 0 aliphatic carbocycles. The van der Waals surface area contributed by atoms with Crippen LogP contribution in [0, 0.1) is 0 Å². The molecule has 0 spiro atoms. The van der Waals surface area contributed by atoms with E-state index in [2.05, 4.69) is 10.6 Å². The summed E-state index contributed by atoms with van der Waals surface area (Å²) < 4.78 is 5.29. The van der Waals surface area contributed by atoms with Gasteiger partial charge in [0.1, 0.15) is 0 Å². The topological polar surface area (TPSA) is 53.6 Å². The van der Waals surface area contributed by atoms with Crippen molar-refractivity contribution in [2.24, 2.45) is 0 Å². The first-order chi connectivity index (χ1) is 7.18. The number of hydrogen-bond acceptors (Lipinski definition) is 4. The molecule has 0 bridgehead atoms. The van der Waals surface area contributed by atoms with Gasteiger partial charge < -0.3 is 20.3 Å². The van der Waals surface area contributed by atoms with Crippen molar-refractivity contribution in [3.05, 3.63) is 0 Å². The van der Waals surface area contributed by atoms with Gasteiger partial charge in [0.15, 0.2) is 0 Å². The standard InChI is InChI=1S/C10H21N3O2/c1-13(2)5-3-10(14)12-7-9-8-15-6-4-11-9/h9,11H,3-8H2,1-2H3,(H,12,14). The van der Waals surface area contributed by atoms with Crippen LogP contribution in [0.2, 0.25) is 0 Å². The number of ether oxygens (including phenoxy) is 1. The van der Waals surface area contributed by atoms with Crippen molar-refractivity contribution in [2.45, 2.75) is 12.5 Å². The molecule has 1 saturated heterocycles. The number of nitrogens with one attached hydrogen (secondary N) is 2. The first kappa shape index (κ1) is 12.4. The molecular formula is C10H21N3O2. The van der Waals surface area contributed by atoms with E-state index in [4.69, 9.17) is 4.74 Å². The molecule has 1 aliphatic rings. The second kappa shape index (κ2) is 6.76. The highest BCUT2D eigenvalue weighted by atomic mass is 16.5. The largest absolute Gasteiger partial charge is 0.378 e. The Hall–Kier alpha value is -0.650. The van der Waals surface area contributed by atoms with E-state index >= 15 is 0 Å². The van der Waals surface area contributed by atoms with E-state index in [0.29, 0.717) is 19.6 Å². The van der Waals surface area contributed by atoms with Crippen LogP contribution in [-0.2, 0) is 9.53 Å². The second-order valence-corrected chi connectivity index (χ2v) is 4.08. The lowest BCUT2D eigenvalue weighted by atomic mass is 10.2. The van der Waals surface area contributed by atoms with Crippen LogP contribution in [0.15, 0.2) is 0 Å². The summed E-state index contributed by atoms with van der Waals surface area (Å²) in [5, 5.41) is 6.19. The molecule has 0 aromatic carbocycles. The van der Waals surface area contributed by atoms with Gasteiger partial charge in [0.05, 0.1) is 13.2 Å². The predicted molar refractivity (Wildman–Crippen MR) is 58.8 cm³/mol. The van der Waals surface area contributed by atoms with Crippen molar-refractivity contribution >= 4 is 5.91 Å². The summed E-state index contributed by atoms with van der Waals surface area (Å²) in [4.78, 5) is 13.4. The van der Waals surface area contributed by atoms with Crippen LogP contribution in [0.3, 0.4) is 0 Å². The molecule has 5 heteroatoms. The first-order valence-corrected chi connectivity index (χ1v) is 5.41. The monoisotopic (exact) mass is 215 g/mol. The van der Waals surface area contributed by atoms with E-state index in [1.807, 2.05) is 19.0 Å². The third-order valence-corrected chi connectivity index (χ3v) is 2.33. The maximum Gasteiger partial charge on any atom is 0.221 e. The average molecular weight is 215 g/mol. The third-order valence-electron chi connectivity index (χ3n) is 2.33. The molecular weight excluding hydrogens is 194 g/mol. The highest BCUT2D eigenvalue weighted by Gasteiger charge is 2.13. The van der Waals surface area contributed by atoms with Gasteiger partial charge in [-0.25, -0.2) is 0 Å². The lowest BCUT2D eigenvalue weighted by Gasteiger charge is -2.24. The van der Waals surface area contributed by atoms with Gasteiger partial charge in [-0.15, -0.1) is 0 Å². The van der Waals surface area contributed by atoms with Crippen molar-refractivity contribution in [3.63, 3.8) is 0 Å². The lowest BCUT2D eigenvalue weighted by Crippen LogP contribution is -2.48. The number of morpholine rings is 1. The number of carbonyl (C=O) groups excluding carboxylic acids is 1. The summed E-state index contributed by atoms with van der Waals surface area (Å²) in [5.41, 5.74) is 0. The Bertz CT molecular complexity index is 191. The average Bonchev–Trinajstić information content (AvgIpc) is 2.25. The minimum atomic E-state index is 0.107. The van der Waals surface area contributed by atoms with Gasteiger partial charge in [0.25, 0.3) is 0 Å². The molecule has 0 saturated carbocycles. The minimum absolute atomic E-state index is 0.107. The van der Waals surface area contributed by atoms with Gasteiger partial charge >= 0.3 is 0 Å². The zero-order valence-corrected chi connectivity index (χ0v) is 9.58. The highest BCUT2D eigenvalue weighted by Crippen LogP contribution is 1.91. The number of amides is 1. The fraction of sp³-hybridized carbons (Fsp3) is 0.900. The van der Waals surface area contributed by atoms with E-state index in [1.54, 1.807) is 0 Å². The molecule has 1 aliphatic heterocycles. The Kier molecular flexibility index (Phi) is 5.60. The lowest BCUT2D eigenvalue weighted by molar-refractivity contribution is -0.121. The predicted octanol–water partition coefficient (Wildman–Crippen LogP) is -0.957. The second-order valence-electron chi connectivity index (χ2n) is 4.08. The molecule has 0 aromatic heterocycles. The molecule has 1 unspecified atom stereocenters. The first-order valence-electron chi connectivity index (χ1n) is 5.41. The SMILES string of the molecule is CN(C)CCC(=O)NCC1COCCN1. The summed E-state index contributed by atoms with van der Waals surface area (Å²) in [7, 11) is 3.92. The van der Waals surface area contributed by atoms with Crippen LogP contribution < -0.4 is 10.6 Å². The number of nitrogens with zero attached hydrogens (tertiary/aromatic N) is 1. The Morgan fingerprint density at radius 1 is 1.60 bits per heavy atom. The molecule has 15 heavy (non-hydrogen) atoms. The zero-order chi connectivity index (χ0) is 11.1. The third kappa shape index (κ3) is 5.71. The van der Waals surface area contributed by atoms with E-state index in [-0.39, 0.29) is 11.9 Å². The van der Waals surface area contributed by atoms with Crippen LogP contribution >= 0.6 is 0 Å².